The summed E-state index contributed by atoms with van der Waals surface area (Å²) in [4.78, 5) is 5.01. The molecule has 0 saturated heterocycles. The van der Waals surface area contributed by atoms with Gasteiger partial charge in [-0.1, -0.05) is 0 Å². The second kappa shape index (κ2) is 5.86. The molecule has 3 aromatic rings. The fourth-order valence-electron chi connectivity index (χ4n) is 2.47. The molecule has 0 atom stereocenters. The normalized spacial score (nSPS) is 13.7. The van der Waals surface area contributed by atoms with Crippen LogP contribution in [0.15, 0.2) is 22.4 Å². The SMILES string of the molecule is Oc1[nH]c2cc3c(cc2c1N=Nc1c(F)c(F)nc(F)c1F)OCCO3. The molecule has 1 aliphatic heterocycles. The van der Waals surface area contributed by atoms with E-state index in [2.05, 4.69) is 20.2 Å². The molecule has 0 unspecified atom stereocenters. The number of benzene rings is 1. The number of aromatic amines is 1. The Labute approximate surface area is 141 Å². The van der Waals surface area contributed by atoms with Crippen molar-refractivity contribution in [2.75, 3.05) is 13.2 Å². The molecule has 11 heteroatoms. The number of aromatic hydroxyl groups is 1. The molecule has 134 valence electrons. The van der Waals surface area contributed by atoms with Gasteiger partial charge in [0.1, 0.15) is 13.2 Å². The number of nitrogens with one attached hydrogen (secondary N) is 1. The van der Waals surface area contributed by atoms with Gasteiger partial charge in [0.15, 0.2) is 22.9 Å². The fourth-order valence-corrected chi connectivity index (χ4v) is 2.47. The molecule has 1 aromatic carbocycles. The van der Waals surface area contributed by atoms with Crippen LogP contribution in [0, 0.1) is 23.5 Å². The van der Waals surface area contributed by atoms with E-state index in [-0.39, 0.29) is 5.69 Å². The lowest BCUT2D eigenvalue weighted by atomic mass is 10.2. The van der Waals surface area contributed by atoms with Crippen LogP contribution in [0.2, 0.25) is 0 Å². The number of fused-ring (bicyclic) bond motifs is 2. The monoisotopic (exact) mass is 368 g/mol. The number of hydrogen-bond acceptors (Lipinski definition) is 6. The number of pyridine rings is 1. The van der Waals surface area contributed by atoms with E-state index in [9.17, 15) is 22.7 Å². The lowest BCUT2D eigenvalue weighted by molar-refractivity contribution is 0.172. The Morgan fingerprint density at radius 1 is 0.923 bits per heavy atom. The van der Waals surface area contributed by atoms with Gasteiger partial charge >= 0.3 is 0 Å². The summed E-state index contributed by atoms with van der Waals surface area (Å²) in [5.74, 6) is -6.99. The number of nitrogens with zero attached hydrogens (tertiary/aromatic N) is 3. The second-order valence-electron chi connectivity index (χ2n) is 5.23. The summed E-state index contributed by atoms with van der Waals surface area (Å²) in [5.41, 5.74) is -1.12. The van der Waals surface area contributed by atoms with E-state index in [4.69, 9.17) is 9.47 Å². The highest BCUT2D eigenvalue weighted by molar-refractivity contribution is 5.96. The van der Waals surface area contributed by atoms with Crippen molar-refractivity contribution >= 4 is 22.3 Å². The van der Waals surface area contributed by atoms with E-state index in [1.807, 2.05) is 0 Å². The van der Waals surface area contributed by atoms with Gasteiger partial charge in [-0.05, 0) is 6.07 Å². The largest absolute Gasteiger partial charge is 0.493 e. The smallest absolute Gasteiger partial charge is 0.254 e. The van der Waals surface area contributed by atoms with Crippen molar-refractivity contribution in [3.8, 4) is 17.4 Å². The number of azo groups is 1. The van der Waals surface area contributed by atoms with Gasteiger partial charge in [-0.25, -0.2) is 0 Å². The van der Waals surface area contributed by atoms with Crippen molar-refractivity contribution in [2.45, 2.75) is 0 Å². The van der Waals surface area contributed by atoms with Gasteiger partial charge in [0.2, 0.25) is 17.5 Å². The molecule has 0 bridgehead atoms. The van der Waals surface area contributed by atoms with Crippen molar-refractivity contribution in [3.63, 3.8) is 0 Å². The molecular formula is C15H8F4N4O3. The molecular weight excluding hydrogens is 360 g/mol. The van der Waals surface area contributed by atoms with Crippen molar-refractivity contribution in [1.29, 1.82) is 0 Å². The average Bonchev–Trinajstić information content (AvgIpc) is 2.92. The third-order valence-electron chi connectivity index (χ3n) is 3.64. The number of hydrogen-bond donors (Lipinski definition) is 2. The van der Waals surface area contributed by atoms with Crippen LogP contribution in [0.5, 0.6) is 17.4 Å². The summed E-state index contributed by atoms with van der Waals surface area (Å²) in [6, 6.07) is 3.02. The van der Waals surface area contributed by atoms with Crippen LogP contribution >= 0.6 is 0 Å². The average molecular weight is 368 g/mol. The molecule has 1 aliphatic rings. The van der Waals surface area contributed by atoms with E-state index < -0.39 is 35.1 Å². The number of ether oxygens (including phenoxy) is 2. The van der Waals surface area contributed by atoms with Crippen LogP contribution in [-0.2, 0) is 0 Å². The highest BCUT2D eigenvalue weighted by Crippen LogP contribution is 2.42. The number of halogens is 4. The van der Waals surface area contributed by atoms with E-state index in [1.165, 1.54) is 12.1 Å². The molecule has 7 nitrogen and oxygen atoms in total. The Bertz CT molecular complexity index is 1040. The molecule has 0 radical (unpaired) electrons. The highest BCUT2D eigenvalue weighted by Gasteiger charge is 2.22. The summed E-state index contributed by atoms with van der Waals surface area (Å²) in [6.45, 7) is 0.674. The molecule has 0 amide bonds. The minimum absolute atomic E-state index is 0.201. The molecule has 0 fully saturated rings. The van der Waals surface area contributed by atoms with Crippen LogP contribution in [0.25, 0.3) is 10.9 Å². The summed E-state index contributed by atoms with van der Waals surface area (Å²) >= 11 is 0. The first-order valence-electron chi connectivity index (χ1n) is 7.21. The van der Waals surface area contributed by atoms with Crippen LogP contribution in [0.3, 0.4) is 0 Å². The molecule has 0 aliphatic carbocycles. The lowest BCUT2D eigenvalue weighted by Crippen LogP contribution is -2.15. The topological polar surface area (TPSA) is 92.1 Å². The van der Waals surface area contributed by atoms with E-state index in [0.717, 1.165) is 0 Å². The van der Waals surface area contributed by atoms with E-state index >= 15 is 0 Å². The maximum atomic E-state index is 13.6. The number of aromatic nitrogens is 2. The van der Waals surface area contributed by atoms with Crippen LogP contribution in [-0.4, -0.2) is 28.3 Å². The molecule has 0 spiro atoms. The Morgan fingerprint density at radius 3 is 2.15 bits per heavy atom. The summed E-state index contributed by atoms with van der Waals surface area (Å²) in [6.07, 6.45) is 0. The van der Waals surface area contributed by atoms with Crippen LogP contribution < -0.4 is 9.47 Å². The standard InChI is InChI=1S/C15H8F4N4O3/c16-9-12(10(17)14(19)21-13(9)18)23-22-11-5-3-7-8(26-2-1-25-7)4-6(5)20-15(11)24/h3-4,20,24H,1-2H2. The number of rotatable bonds is 2. The first-order valence-corrected chi connectivity index (χ1v) is 7.21. The Morgan fingerprint density at radius 2 is 1.50 bits per heavy atom. The zero-order chi connectivity index (χ0) is 18.4. The van der Waals surface area contributed by atoms with Gasteiger partial charge in [0, 0.05) is 11.5 Å². The molecule has 2 N–H and O–H groups in total. The quantitative estimate of drug-likeness (QED) is 0.406. The highest BCUT2D eigenvalue weighted by atomic mass is 19.2. The maximum Gasteiger partial charge on any atom is 0.254 e. The van der Waals surface area contributed by atoms with Gasteiger partial charge < -0.3 is 19.6 Å². The molecule has 2 aromatic heterocycles. The third-order valence-corrected chi connectivity index (χ3v) is 3.64. The van der Waals surface area contributed by atoms with Crippen molar-refractivity contribution in [3.05, 3.63) is 35.7 Å². The van der Waals surface area contributed by atoms with Crippen molar-refractivity contribution in [1.82, 2.24) is 9.97 Å². The zero-order valence-electron chi connectivity index (χ0n) is 12.7. The minimum atomic E-state index is -1.86. The van der Waals surface area contributed by atoms with Crippen molar-refractivity contribution in [2.24, 2.45) is 10.2 Å². The Kier molecular flexibility index (Phi) is 3.63. The predicted molar refractivity (Wildman–Crippen MR) is 79.2 cm³/mol. The van der Waals surface area contributed by atoms with Crippen LogP contribution in [0.1, 0.15) is 0 Å². The van der Waals surface area contributed by atoms with Crippen LogP contribution in [0.4, 0.5) is 28.9 Å². The lowest BCUT2D eigenvalue weighted by Gasteiger charge is -2.18. The van der Waals surface area contributed by atoms with Gasteiger partial charge in [0.05, 0.1) is 5.52 Å². The Balaban J connectivity index is 1.83. The van der Waals surface area contributed by atoms with Gasteiger partial charge in [-0.3, -0.25) is 0 Å². The third kappa shape index (κ3) is 2.48. The van der Waals surface area contributed by atoms with Gasteiger partial charge in [-0.2, -0.15) is 22.5 Å². The summed E-state index contributed by atoms with van der Waals surface area (Å²) < 4.78 is 64.3. The predicted octanol–water partition coefficient (Wildman–Crippen LogP) is 4.01. The zero-order valence-corrected chi connectivity index (χ0v) is 12.7. The molecule has 4 rings (SSSR count). The summed E-state index contributed by atoms with van der Waals surface area (Å²) in [7, 11) is 0. The van der Waals surface area contributed by atoms with Gasteiger partial charge in [-0.15, -0.1) is 10.2 Å². The second-order valence-corrected chi connectivity index (χ2v) is 5.23. The maximum absolute atomic E-state index is 13.6. The molecule has 3 heterocycles. The van der Waals surface area contributed by atoms with E-state index in [0.29, 0.717) is 35.6 Å². The summed E-state index contributed by atoms with van der Waals surface area (Å²) in [5, 5.41) is 17.0. The molecule has 0 saturated carbocycles. The van der Waals surface area contributed by atoms with E-state index in [1.54, 1.807) is 0 Å². The van der Waals surface area contributed by atoms with Gasteiger partial charge in [0.25, 0.3) is 11.9 Å². The first-order chi connectivity index (χ1) is 12.5. The molecule has 26 heavy (non-hydrogen) atoms. The minimum Gasteiger partial charge on any atom is -0.493 e. The fraction of sp³-hybridized carbons (Fsp3) is 0.133. The van der Waals surface area contributed by atoms with Crippen molar-refractivity contribution < 1.29 is 32.1 Å². The Hall–Kier alpha value is -3.37. The number of H-pyrrole nitrogens is 1. The first kappa shape index (κ1) is 16.1.